The molecule has 5 rings (SSSR count). The Kier molecular flexibility index (Phi) is 14.5. The Bertz CT molecular complexity index is 1700. The van der Waals surface area contributed by atoms with Crippen molar-refractivity contribution in [3.8, 4) is 11.1 Å². The van der Waals surface area contributed by atoms with E-state index in [0.29, 0.717) is 38.8 Å². The summed E-state index contributed by atoms with van der Waals surface area (Å²) in [4.78, 5) is 25.6. The average molecular weight is 710 g/mol. The Morgan fingerprint density at radius 1 is 0.808 bits per heavy atom. The van der Waals surface area contributed by atoms with Crippen molar-refractivity contribution in [2.75, 3.05) is 13.6 Å². The number of nitrogens with zero attached hydrogens (tertiary/aromatic N) is 1. The van der Waals surface area contributed by atoms with Crippen LogP contribution in [0.3, 0.4) is 0 Å². The van der Waals surface area contributed by atoms with Gasteiger partial charge in [0.2, 0.25) is 11.8 Å². The summed E-state index contributed by atoms with van der Waals surface area (Å²) in [6.45, 7) is 3.02. The van der Waals surface area contributed by atoms with E-state index in [1.54, 1.807) is 5.48 Å². The van der Waals surface area contributed by atoms with Gasteiger partial charge in [0, 0.05) is 44.0 Å². The maximum Gasteiger partial charge on any atom is 0.243 e. The number of hydrogen-bond donors (Lipinski definition) is 5. The van der Waals surface area contributed by atoms with Crippen molar-refractivity contribution in [2.45, 2.75) is 89.2 Å². The molecule has 5 atom stereocenters. The number of ether oxygens (including phenoxy) is 2. The second kappa shape index (κ2) is 19.4. The normalized spacial score (nSPS) is 18.5. The number of carbonyl (C=O) groups excluding carboxylic acids is 2. The van der Waals surface area contributed by atoms with Crippen molar-refractivity contribution in [1.82, 2.24) is 15.7 Å². The molecule has 0 radical (unpaired) electrons. The highest BCUT2D eigenvalue weighted by Crippen LogP contribution is 2.39. The van der Waals surface area contributed by atoms with Gasteiger partial charge in [-0.2, -0.15) is 0 Å². The second-order valence-corrected chi connectivity index (χ2v) is 13.6. The summed E-state index contributed by atoms with van der Waals surface area (Å²) in [5.74, 6) is -0.452. The van der Waals surface area contributed by atoms with Crippen molar-refractivity contribution in [3.05, 3.63) is 131 Å². The number of rotatable bonds is 17. The standard InChI is InChI=1S/C42H51N3O7/c1-29(41(49)34-11-5-3-6-12-34)45(2)27-37-25-38(33-18-16-30(28-46)17-19-33)52-42(51-37)35-22-20-32(21-23-35)36-13-9-10-31(24-36)26-43-39(47)14-7-4-8-15-40(48)44-50/h3,5-6,9-13,16-24,29,37-38,41-42,46,49-50H,4,7-8,14-15,25-28H2,1-2H3,(H,43,47)(H,44,48). The first kappa shape index (κ1) is 38.8. The van der Waals surface area contributed by atoms with Gasteiger partial charge in [-0.25, -0.2) is 5.48 Å². The number of hydroxylamine groups is 1. The SMILES string of the molecule is CC(C(O)c1ccccc1)N(C)CC1CC(c2ccc(CO)cc2)OC(c2ccc(-c3cccc(CNC(=O)CCCCCC(=O)NO)c3)cc2)O1. The van der Waals surface area contributed by atoms with Crippen molar-refractivity contribution in [3.63, 3.8) is 0 Å². The van der Waals surface area contributed by atoms with Crippen LogP contribution in [0.5, 0.6) is 0 Å². The van der Waals surface area contributed by atoms with Crippen LogP contribution in [-0.2, 0) is 32.2 Å². The minimum absolute atomic E-state index is 0.0208. The molecule has 4 aromatic rings. The van der Waals surface area contributed by atoms with Gasteiger partial charge >= 0.3 is 0 Å². The lowest BCUT2D eigenvalue weighted by atomic mass is 9.98. The average Bonchev–Trinajstić information content (AvgIpc) is 3.19. The minimum Gasteiger partial charge on any atom is -0.392 e. The molecule has 10 heteroatoms. The zero-order valence-corrected chi connectivity index (χ0v) is 30.0. The molecule has 276 valence electrons. The molecule has 1 fully saturated rings. The first-order valence-corrected chi connectivity index (χ1v) is 18.1. The van der Waals surface area contributed by atoms with Crippen molar-refractivity contribution >= 4 is 11.8 Å². The molecule has 1 saturated heterocycles. The van der Waals surface area contributed by atoms with Crippen molar-refractivity contribution in [2.24, 2.45) is 0 Å². The smallest absolute Gasteiger partial charge is 0.243 e. The summed E-state index contributed by atoms with van der Waals surface area (Å²) in [7, 11) is 2.01. The van der Waals surface area contributed by atoms with E-state index >= 15 is 0 Å². The Hall–Kier alpha value is -4.42. The fraction of sp³-hybridized carbons (Fsp3) is 0.381. The van der Waals surface area contributed by atoms with Gasteiger partial charge in [-0.3, -0.25) is 19.7 Å². The number of hydrogen-bond acceptors (Lipinski definition) is 8. The predicted molar refractivity (Wildman–Crippen MR) is 199 cm³/mol. The number of amides is 2. The van der Waals surface area contributed by atoms with Crippen LogP contribution >= 0.6 is 0 Å². The van der Waals surface area contributed by atoms with E-state index in [-0.39, 0.29) is 37.2 Å². The fourth-order valence-electron chi connectivity index (χ4n) is 6.48. The minimum atomic E-state index is -0.642. The summed E-state index contributed by atoms with van der Waals surface area (Å²) in [6, 6.07) is 33.6. The van der Waals surface area contributed by atoms with Gasteiger partial charge in [-0.1, -0.05) is 103 Å². The summed E-state index contributed by atoms with van der Waals surface area (Å²) < 4.78 is 13.2. The molecule has 0 saturated carbocycles. The molecule has 0 bridgehead atoms. The maximum atomic E-state index is 12.4. The monoisotopic (exact) mass is 709 g/mol. The number of aliphatic hydroxyl groups excluding tert-OH is 2. The molecule has 10 nitrogen and oxygen atoms in total. The van der Waals surface area contributed by atoms with Gasteiger partial charge in [-0.05, 0) is 66.3 Å². The zero-order chi connectivity index (χ0) is 36.9. The van der Waals surface area contributed by atoms with Crippen molar-refractivity contribution < 1.29 is 34.5 Å². The third-order valence-electron chi connectivity index (χ3n) is 9.77. The molecular formula is C42H51N3O7. The molecule has 1 heterocycles. The first-order valence-electron chi connectivity index (χ1n) is 18.1. The van der Waals surface area contributed by atoms with Gasteiger partial charge in [-0.15, -0.1) is 0 Å². The first-order chi connectivity index (χ1) is 25.2. The van der Waals surface area contributed by atoms with E-state index in [2.05, 4.69) is 28.4 Å². The highest BCUT2D eigenvalue weighted by molar-refractivity contribution is 5.76. The highest BCUT2D eigenvalue weighted by atomic mass is 16.7. The predicted octanol–water partition coefficient (Wildman–Crippen LogP) is 6.52. The van der Waals surface area contributed by atoms with Gasteiger partial charge in [0.15, 0.2) is 6.29 Å². The molecule has 52 heavy (non-hydrogen) atoms. The number of aliphatic hydroxyl groups is 2. The van der Waals surface area contributed by atoms with E-state index in [0.717, 1.165) is 45.4 Å². The van der Waals surface area contributed by atoms with E-state index in [9.17, 15) is 19.8 Å². The number of unbranched alkanes of at least 4 members (excludes halogenated alkanes) is 2. The van der Waals surface area contributed by atoms with Crippen LogP contribution in [0.2, 0.25) is 0 Å². The molecule has 2 amide bonds. The third kappa shape index (κ3) is 11.0. The quantitative estimate of drug-likeness (QED) is 0.0475. The lowest BCUT2D eigenvalue weighted by Gasteiger charge is -2.39. The molecule has 1 aliphatic rings. The van der Waals surface area contributed by atoms with Gasteiger partial charge < -0.3 is 25.0 Å². The van der Waals surface area contributed by atoms with Crippen LogP contribution in [-0.4, -0.2) is 57.9 Å². The number of carbonyl (C=O) groups is 2. The third-order valence-corrected chi connectivity index (χ3v) is 9.77. The largest absolute Gasteiger partial charge is 0.392 e. The van der Waals surface area contributed by atoms with Gasteiger partial charge in [0.05, 0.1) is 24.9 Å². The Labute approximate surface area is 306 Å². The summed E-state index contributed by atoms with van der Waals surface area (Å²) in [6.07, 6.45) is 1.65. The number of nitrogens with one attached hydrogen (secondary N) is 2. The van der Waals surface area contributed by atoms with Gasteiger partial charge in [0.1, 0.15) is 0 Å². The Balaban J connectivity index is 1.23. The molecular weight excluding hydrogens is 658 g/mol. The summed E-state index contributed by atoms with van der Waals surface area (Å²) >= 11 is 0. The number of likely N-dealkylation sites (N-methyl/N-ethyl adjacent to an activating group) is 1. The summed E-state index contributed by atoms with van der Waals surface area (Å²) in [5.41, 5.74) is 8.29. The fourth-order valence-corrected chi connectivity index (χ4v) is 6.48. The maximum absolute atomic E-state index is 12.4. The number of benzene rings is 4. The van der Waals surface area contributed by atoms with E-state index in [1.807, 2.05) is 98.9 Å². The van der Waals surface area contributed by atoms with Crippen LogP contribution in [0.15, 0.2) is 103 Å². The Morgan fingerprint density at radius 3 is 2.19 bits per heavy atom. The molecule has 0 aliphatic carbocycles. The molecule has 0 spiro atoms. The molecule has 4 aromatic carbocycles. The summed E-state index contributed by atoms with van der Waals surface area (Å²) in [5, 5.41) is 32.2. The van der Waals surface area contributed by atoms with Crippen LogP contribution < -0.4 is 10.8 Å². The van der Waals surface area contributed by atoms with E-state index in [1.165, 1.54) is 0 Å². The van der Waals surface area contributed by atoms with E-state index < -0.39 is 18.3 Å². The van der Waals surface area contributed by atoms with Crippen molar-refractivity contribution in [1.29, 1.82) is 0 Å². The lowest BCUT2D eigenvalue weighted by molar-refractivity contribution is -0.253. The van der Waals surface area contributed by atoms with Crippen LogP contribution in [0.1, 0.15) is 91.8 Å². The topological polar surface area (TPSA) is 141 Å². The highest BCUT2D eigenvalue weighted by Gasteiger charge is 2.34. The molecule has 1 aliphatic heterocycles. The van der Waals surface area contributed by atoms with E-state index in [4.69, 9.17) is 14.7 Å². The molecule has 5 N–H and O–H groups in total. The second-order valence-electron chi connectivity index (χ2n) is 13.6. The zero-order valence-electron chi connectivity index (χ0n) is 30.0. The van der Waals surface area contributed by atoms with Crippen LogP contribution in [0.4, 0.5) is 0 Å². The molecule has 0 aromatic heterocycles. The van der Waals surface area contributed by atoms with Crippen LogP contribution in [0.25, 0.3) is 11.1 Å². The lowest BCUT2D eigenvalue weighted by Crippen LogP contribution is -2.43. The Morgan fingerprint density at radius 2 is 1.50 bits per heavy atom. The van der Waals surface area contributed by atoms with Crippen LogP contribution in [0, 0.1) is 0 Å². The van der Waals surface area contributed by atoms with Gasteiger partial charge in [0.25, 0.3) is 0 Å². The molecule has 5 unspecified atom stereocenters.